The number of benzene rings is 1. The van der Waals surface area contributed by atoms with E-state index in [1.54, 1.807) is 30.1 Å². The molecule has 0 unspecified atom stereocenters. The fourth-order valence-electron chi connectivity index (χ4n) is 1.39. The number of rotatable bonds is 5. The monoisotopic (exact) mass is 262 g/mol. The Kier molecular flexibility index (Phi) is 5.19. The van der Waals surface area contributed by atoms with Crippen LogP contribution in [0.1, 0.15) is 19.4 Å². The highest BCUT2D eigenvalue weighted by molar-refractivity contribution is 5.77. The maximum absolute atomic E-state index is 11.8. The minimum absolute atomic E-state index is 0.0586. The molecule has 0 radical (unpaired) electrons. The second-order valence-corrected chi connectivity index (χ2v) is 4.36. The summed E-state index contributed by atoms with van der Waals surface area (Å²) >= 11 is 0. The van der Waals surface area contributed by atoms with Gasteiger partial charge in [-0.25, -0.2) is 0 Å². The summed E-state index contributed by atoms with van der Waals surface area (Å²) in [5.41, 5.74) is 0.481. The summed E-state index contributed by atoms with van der Waals surface area (Å²) in [4.78, 5) is 13.4. The van der Waals surface area contributed by atoms with Crippen LogP contribution in [0.5, 0.6) is 11.5 Å². The average Bonchev–Trinajstić information content (AvgIpc) is 2.43. The lowest BCUT2D eigenvalue weighted by Gasteiger charge is -2.21. The third-order valence-electron chi connectivity index (χ3n) is 2.81. The molecule has 0 heterocycles. The lowest BCUT2D eigenvalue weighted by Crippen LogP contribution is -2.36. The third-order valence-corrected chi connectivity index (χ3v) is 2.81. The number of carbonyl (C=O) groups excluding carboxylic acids is 1. The zero-order valence-electron chi connectivity index (χ0n) is 11.6. The summed E-state index contributed by atoms with van der Waals surface area (Å²) in [6.07, 6.45) is 0. The second-order valence-electron chi connectivity index (χ2n) is 4.36. The number of likely N-dealkylation sites (N-methyl/N-ethyl adjacent to an activating group) is 1. The number of amides is 1. The molecule has 0 saturated carbocycles. The number of carbonyl (C=O) groups is 1. The predicted molar refractivity (Wildman–Crippen MR) is 71.1 cm³/mol. The lowest BCUT2D eigenvalue weighted by molar-refractivity contribution is -0.133. The van der Waals surface area contributed by atoms with Gasteiger partial charge < -0.3 is 14.4 Å². The SMILES string of the molecule is COc1cc(C#N)ccc1OCC(=O)N(C)C(C)C. The average molecular weight is 262 g/mol. The van der Waals surface area contributed by atoms with Crippen LogP contribution in [0, 0.1) is 11.3 Å². The molecule has 1 rings (SSSR count). The molecule has 5 heteroatoms. The second kappa shape index (κ2) is 6.64. The van der Waals surface area contributed by atoms with E-state index < -0.39 is 0 Å². The standard InChI is InChI=1S/C14H18N2O3/c1-10(2)16(3)14(17)9-19-12-6-5-11(8-15)7-13(12)18-4/h5-7,10H,9H2,1-4H3. The van der Waals surface area contributed by atoms with Gasteiger partial charge in [0.05, 0.1) is 18.7 Å². The first kappa shape index (κ1) is 14.8. The number of hydrogen-bond acceptors (Lipinski definition) is 4. The molecule has 0 bridgehead atoms. The first-order valence-electron chi connectivity index (χ1n) is 5.96. The maximum atomic E-state index is 11.8. The number of methoxy groups -OCH3 is 1. The van der Waals surface area contributed by atoms with E-state index in [0.29, 0.717) is 17.1 Å². The van der Waals surface area contributed by atoms with Crippen LogP contribution in [0.4, 0.5) is 0 Å². The molecule has 0 aromatic heterocycles. The Labute approximate surface area is 113 Å². The van der Waals surface area contributed by atoms with Crippen molar-refractivity contribution in [3.05, 3.63) is 23.8 Å². The highest BCUT2D eigenvalue weighted by atomic mass is 16.5. The fourth-order valence-corrected chi connectivity index (χ4v) is 1.39. The number of nitrogens with zero attached hydrogens (tertiary/aromatic N) is 2. The number of nitriles is 1. The van der Waals surface area contributed by atoms with E-state index in [2.05, 4.69) is 0 Å². The van der Waals surface area contributed by atoms with Gasteiger partial charge in [0, 0.05) is 19.2 Å². The number of ether oxygens (including phenoxy) is 2. The van der Waals surface area contributed by atoms with Crippen molar-refractivity contribution >= 4 is 5.91 Å². The molecule has 102 valence electrons. The molecule has 0 saturated heterocycles. The summed E-state index contributed by atoms with van der Waals surface area (Å²) in [7, 11) is 3.22. The Hall–Kier alpha value is -2.22. The van der Waals surface area contributed by atoms with Gasteiger partial charge in [-0.1, -0.05) is 0 Å². The summed E-state index contributed by atoms with van der Waals surface area (Å²) in [5, 5.41) is 8.79. The van der Waals surface area contributed by atoms with Gasteiger partial charge in [0.2, 0.25) is 0 Å². The van der Waals surface area contributed by atoms with E-state index in [1.165, 1.54) is 7.11 Å². The van der Waals surface area contributed by atoms with Crippen LogP contribution in [0.25, 0.3) is 0 Å². The fraction of sp³-hybridized carbons (Fsp3) is 0.429. The van der Waals surface area contributed by atoms with Crippen molar-refractivity contribution in [2.24, 2.45) is 0 Å². The van der Waals surface area contributed by atoms with Crippen LogP contribution in [-0.4, -0.2) is 37.6 Å². The van der Waals surface area contributed by atoms with Gasteiger partial charge in [-0.15, -0.1) is 0 Å². The summed E-state index contributed by atoms with van der Waals surface area (Å²) < 4.78 is 10.6. The topological polar surface area (TPSA) is 62.6 Å². The van der Waals surface area contributed by atoms with Crippen LogP contribution in [0.3, 0.4) is 0 Å². The molecule has 0 atom stereocenters. The van der Waals surface area contributed by atoms with Gasteiger partial charge in [0.15, 0.2) is 18.1 Å². The smallest absolute Gasteiger partial charge is 0.260 e. The quantitative estimate of drug-likeness (QED) is 0.812. The van der Waals surface area contributed by atoms with Crippen LogP contribution in [0.15, 0.2) is 18.2 Å². The van der Waals surface area contributed by atoms with E-state index >= 15 is 0 Å². The molecular weight excluding hydrogens is 244 g/mol. The van der Waals surface area contributed by atoms with Crippen LogP contribution >= 0.6 is 0 Å². The molecule has 19 heavy (non-hydrogen) atoms. The van der Waals surface area contributed by atoms with Gasteiger partial charge in [0.25, 0.3) is 5.91 Å². The molecule has 1 aromatic carbocycles. The molecular formula is C14H18N2O3. The van der Waals surface area contributed by atoms with E-state index in [1.807, 2.05) is 19.9 Å². The zero-order chi connectivity index (χ0) is 14.4. The van der Waals surface area contributed by atoms with E-state index in [0.717, 1.165) is 0 Å². The predicted octanol–water partition coefficient (Wildman–Crippen LogP) is 1.81. The minimum atomic E-state index is -0.110. The highest BCUT2D eigenvalue weighted by Crippen LogP contribution is 2.27. The van der Waals surface area contributed by atoms with E-state index in [9.17, 15) is 4.79 Å². The molecule has 0 fully saturated rings. The number of hydrogen-bond donors (Lipinski definition) is 0. The summed E-state index contributed by atoms with van der Waals surface area (Å²) in [6.45, 7) is 3.80. The zero-order valence-corrected chi connectivity index (χ0v) is 11.6. The molecule has 5 nitrogen and oxygen atoms in total. The molecule has 0 N–H and O–H groups in total. The Morgan fingerprint density at radius 3 is 2.63 bits per heavy atom. The van der Waals surface area contributed by atoms with Crippen LogP contribution in [-0.2, 0) is 4.79 Å². The lowest BCUT2D eigenvalue weighted by atomic mass is 10.2. The van der Waals surface area contributed by atoms with Crippen molar-refractivity contribution in [1.29, 1.82) is 5.26 Å². The van der Waals surface area contributed by atoms with Gasteiger partial charge in [-0.3, -0.25) is 4.79 Å². The Bertz CT molecular complexity index is 492. The van der Waals surface area contributed by atoms with E-state index in [4.69, 9.17) is 14.7 Å². The molecule has 0 aliphatic rings. The molecule has 1 amide bonds. The highest BCUT2D eigenvalue weighted by Gasteiger charge is 2.14. The van der Waals surface area contributed by atoms with Crippen LogP contribution in [0.2, 0.25) is 0 Å². The Morgan fingerprint density at radius 2 is 2.11 bits per heavy atom. The van der Waals surface area contributed by atoms with E-state index in [-0.39, 0.29) is 18.6 Å². The maximum Gasteiger partial charge on any atom is 0.260 e. The molecule has 0 spiro atoms. The van der Waals surface area contributed by atoms with Crippen molar-refractivity contribution in [3.63, 3.8) is 0 Å². The minimum Gasteiger partial charge on any atom is -0.493 e. The van der Waals surface area contributed by atoms with Gasteiger partial charge in [0.1, 0.15) is 0 Å². The normalized spacial score (nSPS) is 9.89. The van der Waals surface area contributed by atoms with Crippen molar-refractivity contribution in [1.82, 2.24) is 4.90 Å². The van der Waals surface area contributed by atoms with Crippen molar-refractivity contribution in [2.45, 2.75) is 19.9 Å². The van der Waals surface area contributed by atoms with Gasteiger partial charge in [-0.2, -0.15) is 5.26 Å². The molecule has 0 aliphatic heterocycles. The van der Waals surface area contributed by atoms with Crippen molar-refractivity contribution in [2.75, 3.05) is 20.8 Å². The summed E-state index contributed by atoms with van der Waals surface area (Å²) in [5.74, 6) is 0.785. The Morgan fingerprint density at radius 1 is 1.42 bits per heavy atom. The largest absolute Gasteiger partial charge is 0.493 e. The molecule has 0 aliphatic carbocycles. The summed E-state index contributed by atoms with van der Waals surface area (Å²) in [6, 6.07) is 6.96. The first-order chi connectivity index (χ1) is 8.99. The first-order valence-corrected chi connectivity index (χ1v) is 5.96. The van der Waals surface area contributed by atoms with Crippen LogP contribution < -0.4 is 9.47 Å². The van der Waals surface area contributed by atoms with Gasteiger partial charge >= 0.3 is 0 Å². The van der Waals surface area contributed by atoms with Gasteiger partial charge in [-0.05, 0) is 26.0 Å². The molecule has 1 aromatic rings. The van der Waals surface area contributed by atoms with Crippen molar-refractivity contribution in [3.8, 4) is 17.6 Å². The van der Waals surface area contributed by atoms with Crippen molar-refractivity contribution < 1.29 is 14.3 Å². The Balaban J connectivity index is 2.73. The third kappa shape index (κ3) is 3.88.